The number of fused-ring (bicyclic) bond motifs is 3. The van der Waals surface area contributed by atoms with Crippen molar-refractivity contribution in [2.75, 3.05) is 12.5 Å². The maximum absolute atomic E-state index is 5.26. The van der Waals surface area contributed by atoms with E-state index in [2.05, 4.69) is 25.8 Å². The van der Waals surface area contributed by atoms with E-state index in [1.165, 1.54) is 0 Å². The number of hydrogen-bond donors (Lipinski definition) is 1. The van der Waals surface area contributed by atoms with Crippen LogP contribution in [0.2, 0.25) is 0 Å². The number of hydrazone groups is 1. The van der Waals surface area contributed by atoms with Crippen molar-refractivity contribution in [3.63, 3.8) is 0 Å². The van der Waals surface area contributed by atoms with E-state index in [-0.39, 0.29) is 0 Å². The van der Waals surface area contributed by atoms with Gasteiger partial charge in [0.25, 0.3) is 0 Å². The van der Waals surface area contributed by atoms with E-state index in [1.54, 1.807) is 18.0 Å². The number of benzene rings is 2. The molecule has 25 heavy (non-hydrogen) atoms. The van der Waals surface area contributed by atoms with Crippen LogP contribution in [0.15, 0.2) is 60.0 Å². The molecule has 7 nitrogen and oxygen atoms in total. The van der Waals surface area contributed by atoms with Gasteiger partial charge < -0.3 is 4.74 Å². The van der Waals surface area contributed by atoms with Crippen molar-refractivity contribution in [3.8, 4) is 5.75 Å². The lowest BCUT2D eigenvalue weighted by molar-refractivity contribution is 0.414. The van der Waals surface area contributed by atoms with Gasteiger partial charge in [-0.3, -0.25) is 5.43 Å². The molecule has 0 aliphatic heterocycles. The fourth-order valence-corrected chi connectivity index (χ4v) is 2.66. The molecule has 0 saturated carbocycles. The lowest BCUT2D eigenvalue weighted by Crippen LogP contribution is -2.04. The molecule has 124 valence electrons. The summed E-state index contributed by atoms with van der Waals surface area (Å²) >= 11 is 0. The summed E-state index contributed by atoms with van der Waals surface area (Å²) in [5.41, 5.74) is 5.58. The summed E-state index contributed by atoms with van der Waals surface area (Å²) < 4.78 is 6.90. The molecule has 0 saturated heterocycles. The normalized spacial score (nSPS) is 11.8. The SMILES string of the molecule is COc1cccc(C(C)=NNc2nn3cnnc3c3ccccc23)c1. The molecule has 0 unspecified atom stereocenters. The molecule has 1 N–H and O–H groups in total. The summed E-state index contributed by atoms with van der Waals surface area (Å²) in [6.07, 6.45) is 1.57. The molecular formula is C18H16N6O. The van der Waals surface area contributed by atoms with E-state index in [4.69, 9.17) is 4.74 Å². The number of anilines is 1. The molecule has 7 heteroatoms. The highest BCUT2D eigenvalue weighted by atomic mass is 16.5. The van der Waals surface area contributed by atoms with Crippen molar-refractivity contribution in [2.24, 2.45) is 5.10 Å². The second-order valence-corrected chi connectivity index (χ2v) is 5.53. The molecule has 2 heterocycles. The van der Waals surface area contributed by atoms with E-state index in [0.717, 1.165) is 33.4 Å². The third-order valence-corrected chi connectivity index (χ3v) is 3.98. The molecule has 0 amide bonds. The topological polar surface area (TPSA) is 76.7 Å². The maximum atomic E-state index is 5.26. The lowest BCUT2D eigenvalue weighted by atomic mass is 10.1. The predicted molar refractivity (Wildman–Crippen MR) is 97.1 cm³/mol. The number of aromatic nitrogens is 4. The van der Waals surface area contributed by atoms with Gasteiger partial charge in [-0.15, -0.1) is 15.3 Å². The van der Waals surface area contributed by atoms with Crippen molar-refractivity contribution in [2.45, 2.75) is 6.92 Å². The Morgan fingerprint density at radius 2 is 1.96 bits per heavy atom. The van der Waals surface area contributed by atoms with Crippen LogP contribution in [0, 0.1) is 0 Å². The Morgan fingerprint density at radius 3 is 2.80 bits per heavy atom. The largest absolute Gasteiger partial charge is 0.497 e. The Hall–Kier alpha value is -3.48. The molecule has 0 aliphatic rings. The quantitative estimate of drug-likeness (QED) is 0.459. The van der Waals surface area contributed by atoms with Crippen molar-refractivity contribution >= 4 is 27.9 Å². The van der Waals surface area contributed by atoms with Crippen molar-refractivity contribution < 1.29 is 4.74 Å². The third-order valence-electron chi connectivity index (χ3n) is 3.98. The first-order valence-electron chi connectivity index (χ1n) is 7.80. The molecule has 0 spiro atoms. The van der Waals surface area contributed by atoms with Gasteiger partial charge in [-0.25, -0.2) is 0 Å². The number of nitrogens with one attached hydrogen (secondary N) is 1. The molecule has 0 atom stereocenters. The highest BCUT2D eigenvalue weighted by molar-refractivity contribution is 6.02. The second-order valence-electron chi connectivity index (χ2n) is 5.53. The van der Waals surface area contributed by atoms with Gasteiger partial charge >= 0.3 is 0 Å². The Balaban J connectivity index is 1.74. The van der Waals surface area contributed by atoms with Crippen LogP contribution in [0.5, 0.6) is 5.75 Å². The van der Waals surface area contributed by atoms with Gasteiger partial charge in [-0.05, 0) is 19.1 Å². The second kappa shape index (κ2) is 6.20. The van der Waals surface area contributed by atoms with Gasteiger partial charge in [0.05, 0.1) is 12.8 Å². The number of hydrogen-bond acceptors (Lipinski definition) is 6. The molecule has 0 radical (unpaired) electrons. The van der Waals surface area contributed by atoms with Gasteiger partial charge in [-0.1, -0.05) is 36.4 Å². The Kier molecular flexibility index (Phi) is 3.74. The van der Waals surface area contributed by atoms with Gasteiger partial charge in [0.1, 0.15) is 12.1 Å². The van der Waals surface area contributed by atoms with Crippen molar-refractivity contribution in [1.82, 2.24) is 19.8 Å². The minimum absolute atomic E-state index is 0.644. The summed E-state index contributed by atoms with van der Waals surface area (Å²) in [5, 5.41) is 18.9. The van der Waals surface area contributed by atoms with Crippen LogP contribution in [0.25, 0.3) is 16.4 Å². The van der Waals surface area contributed by atoms with Crippen LogP contribution in [-0.2, 0) is 0 Å². The molecule has 2 aromatic heterocycles. The zero-order valence-corrected chi connectivity index (χ0v) is 13.8. The average molecular weight is 332 g/mol. The van der Waals surface area contributed by atoms with E-state index < -0.39 is 0 Å². The molecule has 2 aromatic carbocycles. The zero-order valence-electron chi connectivity index (χ0n) is 13.8. The fourth-order valence-electron chi connectivity index (χ4n) is 2.66. The Bertz CT molecular complexity index is 1090. The van der Waals surface area contributed by atoms with Crippen LogP contribution < -0.4 is 10.2 Å². The average Bonchev–Trinajstić information content (AvgIpc) is 3.14. The number of rotatable bonds is 4. The minimum atomic E-state index is 0.644. The van der Waals surface area contributed by atoms with E-state index >= 15 is 0 Å². The first kappa shape index (κ1) is 15.1. The highest BCUT2D eigenvalue weighted by Gasteiger charge is 2.09. The first-order valence-corrected chi connectivity index (χ1v) is 7.80. The van der Waals surface area contributed by atoms with Crippen LogP contribution in [-0.4, -0.2) is 32.6 Å². The molecule has 0 aliphatic carbocycles. The Morgan fingerprint density at radius 1 is 1.12 bits per heavy atom. The van der Waals surface area contributed by atoms with Crippen molar-refractivity contribution in [3.05, 3.63) is 60.4 Å². The first-order chi connectivity index (χ1) is 12.3. The van der Waals surface area contributed by atoms with Crippen LogP contribution in [0.1, 0.15) is 12.5 Å². The molecule has 4 aromatic rings. The van der Waals surface area contributed by atoms with Crippen LogP contribution in [0.3, 0.4) is 0 Å². The van der Waals surface area contributed by atoms with Crippen LogP contribution >= 0.6 is 0 Å². The summed E-state index contributed by atoms with van der Waals surface area (Å²) in [7, 11) is 1.65. The summed E-state index contributed by atoms with van der Waals surface area (Å²) in [4.78, 5) is 0. The summed E-state index contributed by atoms with van der Waals surface area (Å²) in [6, 6.07) is 15.7. The number of nitrogens with zero attached hydrogens (tertiary/aromatic N) is 5. The van der Waals surface area contributed by atoms with Gasteiger partial charge in [0.15, 0.2) is 11.5 Å². The smallest absolute Gasteiger partial charge is 0.185 e. The van der Waals surface area contributed by atoms with Crippen molar-refractivity contribution in [1.29, 1.82) is 0 Å². The highest BCUT2D eigenvalue weighted by Crippen LogP contribution is 2.24. The van der Waals surface area contributed by atoms with Gasteiger partial charge in [0.2, 0.25) is 0 Å². The maximum Gasteiger partial charge on any atom is 0.185 e. The predicted octanol–water partition coefficient (Wildman–Crippen LogP) is 3.12. The van der Waals surface area contributed by atoms with Crippen LogP contribution in [0.4, 0.5) is 5.82 Å². The summed E-state index contributed by atoms with van der Waals surface area (Å²) in [6.45, 7) is 1.93. The molecule has 0 fully saturated rings. The van der Waals surface area contributed by atoms with Gasteiger partial charge in [0, 0.05) is 16.3 Å². The Labute approximate surface area is 144 Å². The van der Waals surface area contributed by atoms with E-state index in [0.29, 0.717) is 5.82 Å². The minimum Gasteiger partial charge on any atom is -0.497 e. The lowest BCUT2D eigenvalue weighted by Gasteiger charge is -2.08. The summed E-state index contributed by atoms with van der Waals surface area (Å²) in [5.74, 6) is 1.44. The zero-order chi connectivity index (χ0) is 17.2. The van der Waals surface area contributed by atoms with E-state index in [9.17, 15) is 0 Å². The van der Waals surface area contributed by atoms with Gasteiger partial charge in [-0.2, -0.15) is 9.62 Å². The van der Waals surface area contributed by atoms with E-state index in [1.807, 2.05) is 55.5 Å². The fraction of sp³-hybridized carbons (Fsp3) is 0.111. The number of ether oxygens (including phenoxy) is 1. The molecular weight excluding hydrogens is 316 g/mol. The monoisotopic (exact) mass is 332 g/mol. The molecule has 4 rings (SSSR count). The number of methoxy groups -OCH3 is 1. The molecule has 0 bridgehead atoms. The standard InChI is InChI=1S/C18H16N6O/c1-12(13-6-5-7-14(10-13)25-2)20-21-17-15-8-3-4-9-16(15)18-22-19-11-24(18)23-17/h3-11H,1-2H3,(H,21,23). The third kappa shape index (κ3) is 2.76.